The highest BCUT2D eigenvalue weighted by molar-refractivity contribution is 5.90. The second-order valence-corrected chi connectivity index (χ2v) is 7.38. The van der Waals surface area contributed by atoms with E-state index in [2.05, 4.69) is 22.7 Å². The Morgan fingerprint density at radius 3 is 2.16 bits per heavy atom. The number of amides is 1. The van der Waals surface area contributed by atoms with Crippen LogP contribution in [0.15, 0.2) is 95.8 Å². The molecule has 0 atom stereocenters. The van der Waals surface area contributed by atoms with Gasteiger partial charge in [0.2, 0.25) is 5.91 Å². The van der Waals surface area contributed by atoms with Crippen LogP contribution in [-0.2, 0) is 17.8 Å². The molecule has 0 radical (unpaired) electrons. The number of para-hydroxylation sites is 1. The maximum Gasteiger partial charge on any atom is 0.267 e. The van der Waals surface area contributed by atoms with Crippen LogP contribution in [0.5, 0.6) is 0 Å². The van der Waals surface area contributed by atoms with Crippen molar-refractivity contribution in [1.82, 2.24) is 9.78 Å². The zero-order chi connectivity index (χ0) is 22.3. The molecule has 0 bridgehead atoms. The van der Waals surface area contributed by atoms with Crippen LogP contribution in [0.1, 0.15) is 12.5 Å². The molecule has 0 fully saturated rings. The van der Waals surface area contributed by atoms with Crippen LogP contribution in [0.2, 0.25) is 0 Å². The molecule has 1 aromatic heterocycles. The highest BCUT2D eigenvalue weighted by Gasteiger charge is 2.09. The molecule has 3 aromatic carbocycles. The van der Waals surface area contributed by atoms with Gasteiger partial charge in [-0.2, -0.15) is 5.10 Å². The molecule has 1 amide bonds. The summed E-state index contributed by atoms with van der Waals surface area (Å²) in [5.41, 5.74) is 5.00. The predicted octanol–water partition coefficient (Wildman–Crippen LogP) is 4.86. The first-order chi connectivity index (χ1) is 15.6. The lowest BCUT2D eigenvalue weighted by Gasteiger charge is -2.10. The minimum Gasteiger partial charge on any atom is -0.356 e. The van der Waals surface area contributed by atoms with E-state index in [0.717, 1.165) is 23.4 Å². The van der Waals surface area contributed by atoms with E-state index in [4.69, 9.17) is 0 Å². The van der Waals surface area contributed by atoms with Gasteiger partial charge in [-0.05, 0) is 54.4 Å². The Labute approximate surface area is 186 Å². The van der Waals surface area contributed by atoms with Crippen molar-refractivity contribution < 1.29 is 4.79 Å². The molecule has 0 saturated carbocycles. The predicted molar refractivity (Wildman–Crippen MR) is 128 cm³/mol. The van der Waals surface area contributed by atoms with Gasteiger partial charge in [0.1, 0.15) is 6.54 Å². The Hall–Kier alpha value is -4.19. The van der Waals surface area contributed by atoms with Crippen LogP contribution in [0, 0.1) is 0 Å². The molecule has 32 heavy (non-hydrogen) atoms. The standard InChI is InChI=1S/C26H24N4O2/c1-2-19-8-10-20(11-9-19)24-16-17-26(32)30(29-24)18-25(31)28-23-14-12-22(13-15-23)27-21-6-4-3-5-7-21/h3-17,27H,2,18H2,1H3,(H,28,31). The Balaban J connectivity index is 1.41. The van der Waals surface area contributed by atoms with E-state index in [0.29, 0.717) is 11.4 Å². The average Bonchev–Trinajstić information content (AvgIpc) is 2.82. The Morgan fingerprint density at radius 2 is 1.47 bits per heavy atom. The summed E-state index contributed by atoms with van der Waals surface area (Å²) in [6, 6.07) is 28.4. The third kappa shape index (κ3) is 5.29. The van der Waals surface area contributed by atoms with Crippen molar-refractivity contribution >= 4 is 23.0 Å². The van der Waals surface area contributed by atoms with Crippen LogP contribution in [0.25, 0.3) is 11.3 Å². The summed E-state index contributed by atoms with van der Waals surface area (Å²) in [4.78, 5) is 24.7. The highest BCUT2D eigenvalue weighted by Crippen LogP contribution is 2.19. The number of nitrogens with one attached hydrogen (secondary N) is 2. The van der Waals surface area contributed by atoms with Gasteiger partial charge in [-0.25, -0.2) is 4.68 Å². The van der Waals surface area contributed by atoms with Crippen molar-refractivity contribution in [3.8, 4) is 11.3 Å². The van der Waals surface area contributed by atoms with Crippen LogP contribution >= 0.6 is 0 Å². The van der Waals surface area contributed by atoms with E-state index in [1.165, 1.54) is 16.3 Å². The number of aromatic nitrogens is 2. The molecule has 0 aliphatic heterocycles. The number of hydrogen-bond donors (Lipinski definition) is 2. The second kappa shape index (κ2) is 9.75. The van der Waals surface area contributed by atoms with Gasteiger partial charge in [-0.3, -0.25) is 9.59 Å². The van der Waals surface area contributed by atoms with Gasteiger partial charge < -0.3 is 10.6 Å². The first-order valence-electron chi connectivity index (χ1n) is 10.5. The molecule has 4 aromatic rings. The van der Waals surface area contributed by atoms with Gasteiger partial charge in [0, 0.05) is 28.7 Å². The molecule has 2 N–H and O–H groups in total. The van der Waals surface area contributed by atoms with Crippen molar-refractivity contribution in [1.29, 1.82) is 0 Å². The topological polar surface area (TPSA) is 76.0 Å². The van der Waals surface area contributed by atoms with E-state index in [1.54, 1.807) is 6.07 Å². The number of carbonyl (C=O) groups excluding carboxylic acids is 1. The summed E-state index contributed by atoms with van der Waals surface area (Å²) >= 11 is 0. The summed E-state index contributed by atoms with van der Waals surface area (Å²) < 4.78 is 1.18. The molecule has 0 saturated heterocycles. The molecule has 160 valence electrons. The van der Waals surface area contributed by atoms with Crippen molar-refractivity contribution in [2.24, 2.45) is 0 Å². The van der Waals surface area contributed by atoms with Gasteiger partial charge in [-0.15, -0.1) is 0 Å². The zero-order valence-electron chi connectivity index (χ0n) is 17.8. The number of carbonyl (C=O) groups is 1. The summed E-state index contributed by atoms with van der Waals surface area (Å²) in [5, 5.41) is 10.5. The first kappa shape index (κ1) is 21.1. The number of benzene rings is 3. The van der Waals surface area contributed by atoms with Gasteiger partial charge in [0.25, 0.3) is 5.56 Å². The zero-order valence-corrected chi connectivity index (χ0v) is 17.8. The summed E-state index contributed by atoms with van der Waals surface area (Å²) in [6.07, 6.45) is 0.955. The van der Waals surface area contributed by atoms with Gasteiger partial charge in [0.05, 0.1) is 5.69 Å². The van der Waals surface area contributed by atoms with Gasteiger partial charge in [0.15, 0.2) is 0 Å². The lowest BCUT2D eigenvalue weighted by Crippen LogP contribution is -2.29. The molecule has 6 nitrogen and oxygen atoms in total. The van der Waals surface area contributed by atoms with Gasteiger partial charge >= 0.3 is 0 Å². The van der Waals surface area contributed by atoms with Crippen LogP contribution in [-0.4, -0.2) is 15.7 Å². The number of aryl methyl sites for hydroxylation is 1. The maximum absolute atomic E-state index is 12.5. The summed E-state index contributed by atoms with van der Waals surface area (Å²) in [7, 11) is 0. The molecular formula is C26H24N4O2. The number of nitrogens with zero attached hydrogens (tertiary/aromatic N) is 2. The maximum atomic E-state index is 12.5. The van der Waals surface area contributed by atoms with Crippen molar-refractivity contribution in [2.75, 3.05) is 10.6 Å². The fourth-order valence-electron chi connectivity index (χ4n) is 3.29. The molecule has 6 heteroatoms. The van der Waals surface area contributed by atoms with E-state index < -0.39 is 0 Å². The highest BCUT2D eigenvalue weighted by atomic mass is 16.2. The van der Waals surface area contributed by atoms with Crippen molar-refractivity contribution in [3.05, 3.63) is 107 Å². The Kier molecular flexibility index (Phi) is 6.41. The van der Waals surface area contributed by atoms with E-state index in [9.17, 15) is 9.59 Å². The lowest BCUT2D eigenvalue weighted by atomic mass is 10.1. The normalized spacial score (nSPS) is 10.5. The first-order valence-corrected chi connectivity index (χ1v) is 10.5. The average molecular weight is 425 g/mol. The summed E-state index contributed by atoms with van der Waals surface area (Å²) in [5.74, 6) is -0.318. The van der Waals surface area contributed by atoms with Crippen molar-refractivity contribution in [3.63, 3.8) is 0 Å². The van der Waals surface area contributed by atoms with Gasteiger partial charge in [-0.1, -0.05) is 49.4 Å². The van der Waals surface area contributed by atoms with E-state index >= 15 is 0 Å². The fourth-order valence-corrected chi connectivity index (χ4v) is 3.29. The lowest BCUT2D eigenvalue weighted by molar-refractivity contribution is -0.117. The smallest absolute Gasteiger partial charge is 0.267 e. The number of hydrogen-bond acceptors (Lipinski definition) is 4. The number of anilines is 3. The quantitative estimate of drug-likeness (QED) is 0.444. The minimum atomic E-state index is -0.323. The summed E-state index contributed by atoms with van der Waals surface area (Å²) in [6.45, 7) is 1.93. The minimum absolute atomic E-state index is 0.163. The monoisotopic (exact) mass is 424 g/mol. The molecule has 0 spiro atoms. The Morgan fingerprint density at radius 1 is 0.812 bits per heavy atom. The van der Waals surface area contributed by atoms with Crippen molar-refractivity contribution in [2.45, 2.75) is 19.9 Å². The third-order valence-corrected chi connectivity index (χ3v) is 5.05. The Bertz CT molecular complexity index is 1250. The fraction of sp³-hybridized carbons (Fsp3) is 0.115. The van der Waals surface area contributed by atoms with E-state index in [1.807, 2.05) is 78.9 Å². The second-order valence-electron chi connectivity index (χ2n) is 7.38. The largest absolute Gasteiger partial charge is 0.356 e. The van der Waals surface area contributed by atoms with Crippen LogP contribution in [0.3, 0.4) is 0 Å². The van der Waals surface area contributed by atoms with E-state index in [-0.39, 0.29) is 18.0 Å². The molecule has 0 unspecified atom stereocenters. The molecule has 0 aliphatic rings. The third-order valence-electron chi connectivity index (χ3n) is 5.05. The molecule has 1 heterocycles. The van der Waals surface area contributed by atoms with Crippen LogP contribution < -0.4 is 16.2 Å². The molecular weight excluding hydrogens is 400 g/mol. The SMILES string of the molecule is CCc1ccc(-c2ccc(=O)n(CC(=O)Nc3ccc(Nc4ccccc4)cc3)n2)cc1. The number of rotatable bonds is 7. The van der Waals surface area contributed by atoms with Crippen LogP contribution in [0.4, 0.5) is 17.1 Å². The molecule has 0 aliphatic carbocycles. The molecule has 4 rings (SSSR count).